The molecule has 4 aliphatic heterocycles. The summed E-state index contributed by atoms with van der Waals surface area (Å²) in [6, 6.07) is 18.4. The van der Waals surface area contributed by atoms with Crippen molar-refractivity contribution in [2.45, 2.75) is 43.7 Å². The molecule has 0 unspecified atom stereocenters. The number of nitrogens with one attached hydrogen (secondary N) is 2. The SMILES string of the molecule is COc1ccccc1C(=O)[C@@H]1[C@H]2CCCN2[C@@]2(C(=O)Nc3c2ccc(C)c3C)[C@]12C(=O)Nc1ccccc12. The van der Waals surface area contributed by atoms with Crippen LogP contribution in [0.15, 0.2) is 60.7 Å². The third kappa shape index (κ3) is 2.46. The molecule has 4 aliphatic rings. The Hall–Kier alpha value is -3.97. The highest BCUT2D eigenvalue weighted by Crippen LogP contribution is 2.68. The van der Waals surface area contributed by atoms with Gasteiger partial charge in [-0.2, -0.15) is 0 Å². The van der Waals surface area contributed by atoms with Crippen LogP contribution in [0.1, 0.15) is 45.5 Å². The van der Waals surface area contributed by atoms with Crippen LogP contribution >= 0.6 is 0 Å². The summed E-state index contributed by atoms with van der Waals surface area (Å²) in [7, 11) is 1.54. The van der Waals surface area contributed by atoms with Gasteiger partial charge >= 0.3 is 0 Å². The van der Waals surface area contributed by atoms with Gasteiger partial charge in [0.1, 0.15) is 16.7 Å². The summed E-state index contributed by atoms with van der Waals surface area (Å²) >= 11 is 0. The maximum atomic E-state index is 14.7. The first-order valence-electron chi connectivity index (χ1n) is 13.2. The quantitative estimate of drug-likeness (QED) is 0.516. The summed E-state index contributed by atoms with van der Waals surface area (Å²) in [5.74, 6) is -1.04. The van der Waals surface area contributed by atoms with E-state index in [1.165, 1.54) is 0 Å². The van der Waals surface area contributed by atoms with Crippen LogP contribution < -0.4 is 15.4 Å². The monoisotopic (exact) mass is 507 g/mol. The Balaban J connectivity index is 1.60. The van der Waals surface area contributed by atoms with Gasteiger partial charge in [0.2, 0.25) is 5.91 Å². The number of anilines is 2. The molecule has 4 atom stereocenters. The number of ether oxygens (including phenoxy) is 1. The number of fused-ring (bicyclic) bond motifs is 7. The number of para-hydroxylation sites is 2. The second kappa shape index (κ2) is 7.77. The van der Waals surface area contributed by atoms with Gasteiger partial charge in [-0.1, -0.05) is 42.5 Å². The number of hydrogen-bond donors (Lipinski definition) is 2. The second-order valence-corrected chi connectivity index (χ2v) is 10.8. The summed E-state index contributed by atoms with van der Waals surface area (Å²) in [5, 5.41) is 6.26. The molecule has 3 aromatic rings. The van der Waals surface area contributed by atoms with Crippen LogP contribution in [0.2, 0.25) is 0 Å². The number of Topliss-reactive ketones (excluding diaryl/α,β-unsaturated/α-hetero) is 1. The van der Waals surface area contributed by atoms with Gasteiger partial charge in [0, 0.05) is 23.0 Å². The first-order chi connectivity index (χ1) is 18.4. The molecule has 3 aromatic carbocycles. The number of rotatable bonds is 3. The van der Waals surface area contributed by atoms with Crippen molar-refractivity contribution in [1.82, 2.24) is 4.90 Å². The van der Waals surface area contributed by atoms with Crippen LogP contribution in [0.25, 0.3) is 0 Å². The van der Waals surface area contributed by atoms with Crippen LogP contribution in [-0.2, 0) is 20.5 Å². The van der Waals surface area contributed by atoms with E-state index in [4.69, 9.17) is 4.74 Å². The van der Waals surface area contributed by atoms with Crippen LogP contribution in [0, 0.1) is 19.8 Å². The normalized spacial score (nSPS) is 28.8. The maximum absolute atomic E-state index is 14.7. The van der Waals surface area contributed by atoms with Crippen LogP contribution in [0.3, 0.4) is 0 Å². The number of aryl methyl sites for hydroxylation is 1. The van der Waals surface area contributed by atoms with Gasteiger partial charge in [0.25, 0.3) is 5.91 Å². The minimum absolute atomic E-state index is 0.173. The summed E-state index contributed by atoms with van der Waals surface area (Å²) in [5.41, 5.74) is 2.54. The van der Waals surface area contributed by atoms with E-state index in [0.29, 0.717) is 29.1 Å². The fourth-order valence-electron chi connectivity index (χ4n) is 7.91. The third-order valence-corrected chi connectivity index (χ3v) is 9.46. The summed E-state index contributed by atoms with van der Waals surface area (Å²) in [6.07, 6.45) is 1.56. The van der Waals surface area contributed by atoms with Gasteiger partial charge in [0.05, 0.1) is 18.6 Å². The molecular weight excluding hydrogens is 478 g/mol. The van der Waals surface area contributed by atoms with Crippen molar-refractivity contribution in [3.05, 3.63) is 88.5 Å². The standard InChI is InChI=1S/C31H29N3O4/c1-17-14-15-21-26(18(17)2)33-29(37)31(21)30(20-10-5-6-11-22(20)32-28(30)36)25(23-12-8-16-34(23)31)27(35)19-9-4-7-13-24(19)38-3/h4-7,9-11,13-15,23,25H,8,12,16H2,1-3H3,(H,32,36)(H,33,37)/t23-,25+,30+,31+/m1/s1. The first-order valence-corrected chi connectivity index (χ1v) is 13.2. The maximum Gasteiger partial charge on any atom is 0.251 e. The van der Waals surface area contributed by atoms with Gasteiger partial charge in [-0.05, 0) is 68.1 Å². The van der Waals surface area contributed by atoms with Crippen molar-refractivity contribution in [2.75, 3.05) is 24.3 Å². The highest BCUT2D eigenvalue weighted by molar-refractivity contribution is 6.21. The number of carbonyl (C=O) groups excluding carboxylic acids is 3. The minimum Gasteiger partial charge on any atom is -0.496 e. The van der Waals surface area contributed by atoms with E-state index < -0.39 is 16.9 Å². The lowest BCUT2D eigenvalue weighted by atomic mass is 9.57. The lowest BCUT2D eigenvalue weighted by molar-refractivity contribution is -0.137. The van der Waals surface area contributed by atoms with Crippen LogP contribution in [0.4, 0.5) is 11.4 Å². The summed E-state index contributed by atoms with van der Waals surface area (Å²) in [6.45, 7) is 4.63. The molecular formula is C31H29N3O4. The molecule has 7 heteroatoms. The highest BCUT2D eigenvalue weighted by Gasteiger charge is 2.81. The third-order valence-electron chi connectivity index (χ3n) is 9.46. The lowest BCUT2D eigenvalue weighted by Crippen LogP contribution is -2.62. The molecule has 7 nitrogen and oxygen atoms in total. The molecule has 2 amide bonds. The number of methoxy groups -OCH3 is 1. The van der Waals surface area contributed by atoms with Gasteiger partial charge in [-0.15, -0.1) is 0 Å². The second-order valence-electron chi connectivity index (χ2n) is 10.8. The largest absolute Gasteiger partial charge is 0.496 e. The van der Waals surface area contributed by atoms with Crippen molar-refractivity contribution < 1.29 is 19.1 Å². The molecule has 192 valence electrons. The summed E-state index contributed by atoms with van der Waals surface area (Å²) < 4.78 is 5.59. The zero-order chi connectivity index (χ0) is 26.4. The van der Waals surface area contributed by atoms with Crippen LogP contribution in [-0.4, -0.2) is 42.2 Å². The molecule has 0 radical (unpaired) electrons. The van der Waals surface area contributed by atoms with E-state index in [-0.39, 0.29) is 23.6 Å². The Kier molecular flexibility index (Phi) is 4.74. The van der Waals surface area contributed by atoms with Crippen molar-refractivity contribution in [2.24, 2.45) is 5.92 Å². The predicted molar refractivity (Wildman–Crippen MR) is 144 cm³/mol. The molecule has 0 bridgehead atoms. The van der Waals surface area contributed by atoms with Crippen molar-refractivity contribution in [3.8, 4) is 5.75 Å². The zero-order valence-electron chi connectivity index (χ0n) is 21.6. The van der Waals surface area contributed by atoms with Gasteiger partial charge in [-0.25, -0.2) is 0 Å². The van der Waals surface area contributed by atoms with E-state index in [9.17, 15) is 14.4 Å². The van der Waals surface area contributed by atoms with E-state index in [1.807, 2.05) is 62.4 Å². The molecule has 2 saturated heterocycles. The minimum atomic E-state index is -1.45. The van der Waals surface area contributed by atoms with E-state index >= 15 is 0 Å². The smallest absolute Gasteiger partial charge is 0.251 e. The van der Waals surface area contributed by atoms with Crippen molar-refractivity contribution in [3.63, 3.8) is 0 Å². The van der Waals surface area contributed by atoms with E-state index in [1.54, 1.807) is 19.2 Å². The molecule has 38 heavy (non-hydrogen) atoms. The Morgan fingerprint density at radius 1 is 0.947 bits per heavy atom. The lowest BCUT2D eigenvalue weighted by Gasteiger charge is -2.43. The Bertz CT molecular complexity index is 1560. The molecule has 4 heterocycles. The number of carbonyl (C=O) groups is 3. The fourth-order valence-corrected chi connectivity index (χ4v) is 7.91. The number of hydrogen-bond acceptors (Lipinski definition) is 5. The molecule has 0 aromatic heterocycles. The molecule has 2 fully saturated rings. The van der Waals surface area contributed by atoms with Gasteiger partial charge in [-0.3, -0.25) is 19.3 Å². The average Bonchev–Trinajstić information content (AvgIpc) is 3.65. The first kappa shape index (κ1) is 23.2. The predicted octanol–water partition coefficient (Wildman–Crippen LogP) is 4.33. The Morgan fingerprint density at radius 2 is 1.71 bits per heavy atom. The Labute approximate surface area is 221 Å². The zero-order valence-corrected chi connectivity index (χ0v) is 21.6. The summed E-state index contributed by atoms with van der Waals surface area (Å²) in [4.78, 5) is 46.0. The number of ketones is 1. The van der Waals surface area contributed by atoms with E-state index in [0.717, 1.165) is 35.2 Å². The molecule has 2 spiro atoms. The highest BCUT2D eigenvalue weighted by atomic mass is 16.5. The van der Waals surface area contributed by atoms with E-state index in [2.05, 4.69) is 15.5 Å². The van der Waals surface area contributed by atoms with Crippen molar-refractivity contribution >= 4 is 29.0 Å². The number of nitrogens with zero attached hydrogens (tertiary/aromatic N) is 1. The number of benzene rings is 3. The molecule has 0 saturated carbocycles. The van der Waals surface area contributed by atoms with Crippen LogP contribution in [0.5, 0.6) is 5.75 Å². The Morgan fingerprint density at radius 3 is 2.53 bits per heavy atom. The van der Waals surface area contributed by atoms with Gasteiger partial charge < -0.3 is 15.4 Å². The average molecular weight is 508 g/mol. The molecule has 2 N–H and O–H groups in total. The van der Waals surface area contributed by atoms with Crippen molar-refractivity contribution in [1.29, 1.82) is 0 Å². The fraction of sp³-hybridized carbons (Fsp3) is 0.323. The molecule has 7 rings (SSSR count). The topological polar surface area (TPSA) is 87.7 Å². The van der Waals surface area contributed by atoms with Gasteiger partial charge in [0.15, 0.2) is 5.78 Å². The number of amides is 2. The molecule has 0 aliphatic carbocycles.